The highest BCUT2D eigenvalue weighted by Crippen LogP contribution is 2.18. The first-order chi connectivity index (χ1) is 6.77. The highest BCUT2D eigenvalue weighted by Gasteiger charge is 2.06. The third-order valence-electron chi connectivity index (χ3n) is 1.96. The highest BCUT2D eigenvalue weighted by molar-refractivity contribution is 5.35. The fourth-order valence-electron chi connectivity index (χ4n) is 1.25. The number of benzene rings is 1. The van der Waals surface area contributed by atoms with Crippen LogP contribution in [0, 0.1) is 0 Å². The maximum absolute atomic E-state index is 13.0. The lowest BCUT2D eigenvalue weighted by Crippen LogP contribution is -1.89. The van der Waals surface area contributed by atoms with Gasteiger partial charge in [-0.05, 0) is 12.0 Å². The SMILES string of the molecule is CCCc1ccc(C(F)N=C=O)cc1. The lowest BCUT2D eigenvalue weighted by Gasteiger charge is -2.02. The Bertz CT molecular complexity index is 328. The summed E-state index contributed by atoms with van der Waals surface area (Å²) in [6, 6.07) is 7.00. The van der Waals surface area contributed by atoms with Crippen LogP contribution < -0.4 is 0 Å². The molecular formula is C11H12FNO. The summed E-state index contributed by atoms with van der Waals surface area (Å²) in [6.07, 6.45) is 1.67. The van der Waals surface area contributed by atoms with Crippen molar-refractivity contribution < 1.29 is 9.18 Å². The van der Waals surface area contributed by atoms with Gasteiger partial charge in [0.05, 0.1) is 0 Å². The number of isocyanates is 1. The number of alkyl halides is 1. The molecule has 0 saturated carbocycles. The van der Waals surface area contributed by atoms with Gasteiger partial charge in [-0.2, -0.15) is 4.99 Å². The van der Waals surface area contributed by atoms with Gasteiger partial charge in [-0.3, -0.25) is 0 Å². The Morgan fingerprint density at radius 1 is 1.43 bits per heavy atom. The number of nitrogens with zero attached hydrogens (tertiary/aromatic N) is 1. The normalized spacial score (nSPS) is 11.9. The lowest BCUT2D eigenvalue weighted by atomic mass is 10.1. The standard InChI is InChI=1S/C11H12FNO/c1-2-3-9-4-6-10(7-5-9)11(12)13-8-14/h4-7,11H,2-3H2,1H3. The van der Waals surface area contributed by atoms with E-state index in [-0.39, 0.29) is 0 Å². The predicted octanol–water partition coefficient (Wildman–Crippen LogP) is 2.94. The van der Waals surface area contributed by atoms with Crippen LogP contribution in [0.15, 0.2) is 29.3 Å². The van der Waals surface area contributed by atoms with Crippen molar-refractivity contribution in [2.75, 3.05) is 0 Å². The van der Waals surface area contributed by atoms with Crippen molar-refractivity contribution in [1.29, 1.82) is 0 Å². The lowest BCUT2D eigenvalue weighted by molar-refractivity contribution is 0.356. The van der Waals surface area contributed by atoms with Crippen molar-refractivity contribution in [3.8, 4) is 0 Å². The molecule has 0 N–H and O–H groups in total. The van der Waals surface area contributed by atoms with Crippen molar-refractivity contribution in [1.82, 2.24) is 0 Å². The van der Waals surface area contributed by atoms with E-state index in [1.807, 2.05) is 12.1 Å². The van der Waals surface area contributed by atoms with E-state index in [2.05, 4.69) is 11.9 Å². The monoisotopic (exact) mass is 193 g/mol. The summed E-state index contributed by atoms with van der Waals surface area (Å²) in [5.41, 5.74) is 1.56. The highest BCUT2D eigenvalue weighted by atomic mass is 19.1. The zero-order valence-corrected chi connectivity index (χ0v) is 8.03. The molecule has 1 atom stereocenters. The molecule has 74 valence electrons. The average Bonchev–Trinajstić information content (AvgIpc) is 2.20. The second kappa shape index (κ2) is 5.30. The summed E-state index contributed by atoms with van der Waals surface area (Å²) in [7, 11) is 0. The van der Waals surface area contributed by atoms with E-state index in [0.717, 1.165) is 12.8 Å². The van der Waals surface area contributed by atoms with Gasteiger partial charge >= 0.3 is 0 Å². The molecular weight excluding hydrogens is 181 g/mol. The molecule has 2 nitrogen and oxygen atoms in total. The largest absolute Gasteiger partial charge is 0.238 e. The Morgan fingerprint density at radius 2 is 2.07 bits per heavy atom. The molecule has 1 aromatic carbocycles. The fourth-order valence-corrected chi connectivity index (χ4v) is 1.25. The van der Waals surface area contributed by atoms with Crippen LogP contribution >= 0.6 is 0 Å². The number of hydrogen-bond acceptors (Lipinski definition) is 2. The first-order valence-corrected chi connectivity index (χ1v) is 4.57. The van der Waals surface area contributed by atoms with E-state index >= 15 is 0 Å². The van der Waals surface area contributed by atoms with Crippen LogP contribution in [0.5, 0.6) is 0 Å². The molecule has 0 aliphatic carbocycles. The molecule has 0 aromatic heterocycles. The third kappa shape index (κ3) is 2.79. The third-order valence-corrected chi connectivity index (χ3v) is 1.96. The topological polar surface area (TPSA) is 29.4 Å². The van der Waals surface area contributed by atoms with Crippen LogP contribution in [0.4, 0.5) is 4.39 Å². The Hall–Kier alpha value is -1.47. The molecule has 1 aromatic rings. The van der Waals surface area contributed by atoms with E-state index in [0.29, 0.717) is 5.56 Å². The van der Waals surface area contributed by atoms with E-state index in [1.54, 1.807) is 12.1 Å². The first kappa shape index (κ1) is 10.6. The molecule has 0 spiro atoms. The maximum Gasteiger partial charge on any atom is 0.238 e. The van der Waals surface area contributed by atoms with Crippen LogP contribution in [-0.2, 0) is 11.2 Å². The van der Waals surface area contributed by atoms with Crippen molar-refractivity contribution in [2.45, 2.75) is 26.1 Å². The summed E-state index contributed by atoms with van der Waals surface area (Å²) in [5.74, 6) is 0. The molecule has 0 saturated heterocycles. The Kier molecular flexibility index (Phi) is 4.02. The van der Waals surface area contributed by atoms with E-state index < -0.39 is 6.30 Å². The summed E-state index contributed by atoms with van der Waals surface area (Å²) >= 11 is 0. The van der Waals surface area contributed by atoms with E-state index in [9.17, 15) is 9.18 Å². The Labute approximate surface area is 82.5 Å². The maximum atomic E-state index is 13.0. The predicted molar refractivity (Wildman–Crippen MR) is 52.4 cm³/mol. The Balaban J connectivity index is 2.77. The van der Waals surface area contributed by atoms with Crippen molar-refractivity contribution >= 4 is 6.08 Å². The first-order valence-electron chi connectivity index (χ1n) is 4.57. The minimum Gasteiger partial charge on any atom is -0.215 e. The minimum absolute atomic E-state index is 0.396. The fraction of sp³-hybridized carbons (Fsp3) is 0.364. The minimum atomic E-state index is -1.58. The van der Waals surface area contributed by atoms with Crippen LogP contribution in [0.2, 0.25) is 0 Å². The van der Waals surface area contributed by atoms with Crippen LogP contribution in [-0.4, -0.2) is 6.08 Å². The van der Waals surface area contributed by atoms with Gasteiger partial charge in [0.2, 0.25) is 12.4 Å². The van der Waals surface area contributed by atoms with Gasteiger partial charge in [-0.25, -0.2) is 9.18 Å². The molecule has 0 radical (unpaired) electrons. The van der Waals surface area contributed by atoms with Gasteiger partial charge in [0.1, 0.15) is 0 Å². The van der Waals surface area contributed by atoms with Gasteiger partial charge < -0.3 is 0 Å². The van der Waals surface area contributed by atoms with Gasteiger partial charge in [0, 0.05) is 5.56 Å². The van der Waals surface area contributed by atoms with Crippen molar-refractivity contribution in [2.24, 2.45) is 4.99 Å². The number of carbonyl (C=O) groups excluding carboxylic acids is 1. The second-order valence-electron chi connectivity index (χ2n) is 3.05. The van der Waals surface area contributed by atoms with E-state index in [4.69, 9.17) is 0 Å². The van der Waals surface area contributed by atoms with Crippen molar-refractivity contribution in [3.63, 3.8) is 0 Å². The molecule has 14 heavy (non-hydrogen) atoms. The smallest absolute Gasteiger partial charge is 0.215 e. The summed E-state index contributed by atoms with van der Waals surface area (Å²) in [5, 5.41) is 0. The molecule has 1 rings (SSSR count). The molecule has 0 amide bonds. The summed E-state index contributed by atoms with van der Waals surface area (Å²) in [6.45, 7) is 2.09. The van der Waals surface area contributed by atoms with Gasteiger partial charge in [-0.15, -0.1) is 0 Å². The van der Waals surface area contributed by atoms with Crippen LogP contribution in [0.25, 0.3) is 0 Å². The molecule has 0 aliphatic rings. The van der Waals surface area contributed by atoms with Gasteiger partial charge in [0.25, 0.3) is 0 Å². The van der Waals surface area contributed by atoms with Crippen LogP contribution in [0.3, 0.4) is 0 Å². The quantitative estimate of drug-likeness (QED) is 0.410. The number of aryl methyl sites for hydroxylation is 1. The molecule has 0 heterocycles. The summed E-state index contributed by atoms with van der Waals surface area (Å²) in [4.78, 5) is 12.8. The second-order valence-corrected chi connectivity index (χ2v) is 3.05. The van der Waals surface area contributed by atoms with Crippen LogP contribution in [0.1, 0.15) is 30.8 Å². The molecule has 1 unspecified atom stereocenters. The molecule has 0 bridgehead atoms. The van der Waals surface area contributed by atoms with Gasteiger partial charge in [0.15, 0.2) is 0 Å². The number of rotatable bonds is 4. The zero-order valence-electron chi connectivity index (χ0n) is 8.03. The van der Waals surface area contributed by atoms with E-state index in [1.165, 1.54) is 11.6 Å². The Morgan fingerprint density at radius 3 is 2.57 bits per heavy atom. The number of hydrogen-bond donors (Lipinski definition) is 0. The summed E-state index contributed by atoms with van der Waals surface area (Å²) < 4.78 is 13.0. The molecule has 0 fully saturated rings. The molecule has 3 heteroatoms. The van der Waals surface area contributed by atoms with Crippen molar-refractivity contribution in [3.05, 3.63) is 35.4 Å². The van der Waals surface area contributed by atoms with Gasteiger partial charge in [-0.1, -0.05) is 37.6 Å². The number of halogens is 1. The average molecular weight is 193 g/mol. The number of aliphatic imine (C=N–C) groups is 1. The zero-order chi connectivity index (χ0) is 10.4. The molecule has 0 aliphatic heterocycles.